The maximum absolute atomic E-state index is 12.2. The Labute approximate surface area is 161 Å². The van der Waals surface area contributed by atoms with Crippen molar-refractivity contribution in [1.29, 1.82) is 0 Å². The number of anilines is 1. The van der Waals surface area contributed by atoms with E-state index in [1.807, 2.05) is 12.1 Å². The molecule has 0 bridgehead atoms. The van der Waals surface area contributed by atoms with Crippen molar-refractivity contribution in [2.24, 2.45) is 0 Å². The number of hydrogen-bond acceptors (Lipinski definition) is 5. The van der Waals surface area contributed by atoms with Gasteiger partial charge in [0.05, 0.1) is 17.0 Å². The molecule has 2 aromatic rings. The first-order valence-corrected chi connectivity index (χ1v) is 9.37. The van der Waals surface area contributed by atoms with Gasteiger partial charge in [0.15, 0.2) is 17.0 Å². The second kappa shape index (κ2) is 7.93. The lowest BCUT2D eigenvalue weighted by Crippen LogP contribution is -2.30. The van der Waals surface area contributed by atoms with Gasteiger partial charge in [0.25, 0.3) is 5.91 Å². The number of thioether (sulfide) groups is 1. The van der Waals surface area contributed by atoms with Gasteiger partial charge in [0.2, 0.25) is 0 Å². The van der Waals surface area contributed by atoms with E-state index in [9.17, 15) is 9.90 Å². The Morgan fingerprint density at radius 3 is 2.73 bits per heavy atom. The zero-order valence-corrected chi connectivity index (χ0v) is 15.9. The van der Waals surface area contributed by atoms with Crippen LogP contribution < -0.4 is 15.4 Å². The van der Waals surface area contributed by atoms with Crippen LogP contribution in [-0.2, 0) is 11.2 Å². The smallest absolute Gasteiger partial charge is 0.260 e. The van der Waals surface area contributed by atoms with E-state index >= 15 is 0 Å². The number of rotatable bonds is 5. The number of hydrogen-bond donors (Lipinski definition) is 3. The van der Waals surface area contributed by atoms with Gasteiger partial charge in [-0.15, -0.1) is 0 Å². The average molecular weight is 391 g/mol. The van der Waals surface area contributed by atoms with Crippen LogP contribution in [-0.4, -0.2) is 23.6 Å². The number of carbonyl (C=O) groups is 1. The Kier molecular flexibility index (Phi) is 5.64. The zero-order valence-electron chi connectivity index (χ0n) is 14.4. The molecule has 0 saturated carbocycles. The van der Waals surface area contributed by atoms with Crippen molar-refractivity contribution in [3.63, 3.8) is 0 Å². The van der Waals surface area contributed by atoms with Gasteiger partial charge >= 0.3 is 0 Å². The van der Waals surface area contributed by atoms with Gasteiger partial charge in [-0.25, -0.2) is 0 Å². The van der Waals surface area contributed by atoms with Crippen LogP contribution in [0.3, 0.4) is 0 Å². The second-order valence-electron chi connectivity index (χ2n) is 5.73. The van der Waals surface area contributed by atoms with Crippen LogP contribution in [0.2, 0.25) is 5.02 Å². The van der Waals surface area contributed by atoms with Crippen molar-refractivity contribution in [1.82, 2.24) is 5.32 Å². The van der Waals surface area contributed by atoms with E-state index < -0.39 is 0 Å². The van der Waals surface area contributed by atoms with Crippen LogP contribution in [0.5, 0.6) is 11.5 Å². The number of phenols is 1. The molecule has 1 heterocycles. The summed E-state index contributed by atoms with van der Waals surface area (Å²) >= 11 is 7.39. The molecule has 0 radical (unpaired) electrons. The lowest BCUT2D eigenvalue weighted by molar-refractivity contribution is -0.116. The fourth-order valence-electron chi connectivity index (χ4n) is 2.54. The number of aromatic hydroxyl groups is 1. The van der Waals surface area contributed by atoms with Crippen LogP contribution in [0.1, 0.15) is 18.1 Å². The quantitative estimate of drug-likeness (QED) is 0.667. The highest BCUT2D eigenvalue weighted by molar-refractivity contribution is 8.05. The first kappa shape index (κ1) is 18.5. The van der Waals surface area contributed by atoms with E-state index in [1.165, 1.54) is 24.4 Å². The van der Waals surface area contributed by atoms with Crippen molar-refractivity contribution in [3.05, 3.63) is 57.5 Å². The fourth-order valence-corrected chi connectivity index (χ4v) is 3.74. The summed E-state index contributed by atoms with van der Waals surface area (Å²) in [5.41, 5.74) is 2.62. The maximum atomic E-state index is 12.2. The molecule has 3 N–H and O–H groups in total. The van der Waals surface area contributed by atoms with Crippen molar-refractivity contribution in [3.8, 4) is 11.5 Å². The molecule has 136 valence electrons. The van der Waals surface area contributed by atoms with Gasteiger partial charge in [0.1, 0.15) is 0 Å². The van der Waals surface area contributed by atoms with Gasteiger partial charge in [-0.1, -0.05) is 42.4 Å². The molecule has 1 fully saturated rings. The lowest BCUT2D eigenvalue weighted by Gasteiger charge is -2.12. The van der Waals surface area contributed by atoms with Gasteiger partial charge in [-0.2, -0.15) is 0 Å². The Morgan fingerprint density at radius 1 is 1.35 bits per heavy atom. The monoisotopic (exact) mass is 390 g/mol. The predicted octanol–water partition coefficient (Wildman–Crippen LogP) is 4.22. The van der Waals surface area contributed by atoms with E-state index in [2.05, 4.69) is 29.7 Å². The second-order valence-corrected chi connectivity index (χ2v) is 7.28. The zero-order chi connectivity index (χ0) is 18.7. The van der Waals surface area contributed by atoms with Crippen molar-refractivity contribution in [2.45, 2.75) is 18.8 Å². The van der Waals surface area contributed by atoms with Crippen molar-refractivity contribution < 1.29 is 14.6 Å². The van der Waals surface area contributed by atoms with Crippen LogP contribution in [0.25, 0.3) is 6.08 Å². The molecular formula is C19H19ClN2O3S. The number of aryl methyl sites for hydroxylation is 1. The highest BCUT2D eigenvalue weighted by atomic mass is 35.5. The number of phenolic OH excluding ortho intramolecular Hbond substituents is 1. The predicted molar refractivity (Wildman–Crippen MR) is 107 cm³/mol. The summed E-state index contributed by atoms with van der Waals surface area (Å²) in [6, 6.07) is 11.3. The normalized spacial score (nSPS) is 18.0. The minimum absolute atomic E-state index is 0.116. The third kappa shape index (κ3) is 4.08. The highest BCUT2D eigenvalue weighted by Gasteiger charge is 2.27. The van der Waals surface area contributed by atoms with E-state index in [0.29, 0.717) is 10.5 Å². The van der Waals surface area contributed by atoms with E-state index in [1.54, 1.807) is 18.2 Å². The molecule has 1 atom stereocenters. The molecule has 0 aromatic heterocycles. The molecule has 0 aliphatic carbocycles. The Balaban J connectivity index is 1.75. The summed E-state index contributed by atoms with van der Waals surface area (Å²) in [6.45, 7) is 2.11. The molecule has 0 unspecified atom stereocenters. The molecule has 1 saturated heterocycles. The molecule has 1 aliphatic rings. The molecule has 3 rings (SSSR count). The summed E-state index contributed by atoms with van der Waals surface area (Å²) in [5, 5.41) is 16.1. The molecule has 5 nitrogen and oxygen atoms in total. The SMILES string of the molecule is CCc1ccc(N[C@@H]2NC(=O)/C(=C/c3cc(Cl)c(O)c(OC)c3)S2)cc1. The van der Waals surface area contributed by atoms with Crippen LogP contribution in [0.15, 0.2) is 41.3 Å². The van der Waals surface area contributed by atoms with Crippen molar-refractivity contribution >= 4 is 41.0 Å². The van der Waals surface area contributed by atoms with E-state index in [4.69, 9.17) is 16.3 Å². The number of carbonyl (C=O) groups excluding carboxylic acids is 1. The summed E-state index contributed by atoms with van der Waals surface area (Å²) in [7, 11) is 1.45. The average Bonchev–Trinajstić information content (AvgIpc) is 2.97. The fraction of sp³-hybridized carbons (Fsp3) is 0.211. The number of ether oxygens (including phenoxy) is 1. The summed E-state index contributed by atoms with van der Waals surface area (Å²) in [6.07, 6.45) is 2.70. The minimum atomic E-state index is -0.254. The number of amides is 1. The molecule has 2 aromatic carbocycles. The standard InChI is InChI=1S/C19H19ClN2O3S/c1-3-11-4-6-13(7-5-11)21-19-22-18(24)16(26-19)10-12-8-14(20)17(23)15(9-12)25-2/h4-10,19,21,23H,3H2,1-2H3,(H,22,24)/b16-10-/t19-/m1/s1. The molecule has 0 spiro atoms. The number of methoxy groups -OCH3 is 1. The third-order valence-electron chi connectivity index (χ3n) is 3.96. The summed E-state index contributed by atoms with van der Waals surface area (Å²) in [5.74, 6) is -0.0193. The topological polar surface area (TPSA) is 70.6 Å². The van der Waals surface area contributed by atoms with Crippen LogP contribution in [0, 0.1) is 0 Å². The van der Waals surface area contributed by atoms with Gasteiger partial charge in [0, 0.05) is 5.69 Å². The number of halogens is 1. The molecule has 1 amide bonds. The number of benzene rings is 2. The maximum Gasteiger partial charge on any atom is 0.260 e. The largest absolute Gasteiger partial charge is 0.503 e. The Hall–Kier alpha value is -2.31. The highest BCUT2D eigenvalue weighted by Crippen LogP contribution is 2.37. The van der Waals surface area contributed by atoms with E-state index in [-0.39, 0.29) is 27.9 Å². The molecule has 1 aliphatic heterocycles. The summed E-state index contributed by atoms with van der Waals surface area (Å²) < 4.78 is 5.09. The van der Waals surface area contributed by atoms with Crippen molar-refractivity contribution in [2.75, 3.05) is 12.4 Å². The van der Waals surface area contributed by atoms with Gasteiger partial charge in [-0.3, -0.25) is 4.79 Å². The van der Waals surface area contributed by atoms with Gasteiger partial charge < -0.3 is 20.5 Å². The lowest BCUT2D eigenvalue weighted by atomic mass is 10.1. The molecule has 26 heavy (non-hydrogen) atoms. The Morgan fingerprint density at radius 2 is 2.08 bits per heavy atom. The first-order valence-electron chi connectivity index (χ1n) is 8.11. The minimum Gasteiger partial charge on any atom is -0.503 e. The first-order chi connectivity index (χ1) is 12.5. The number of nitrogens with one attached hydrogen (secondary N) is 2. The summed E-state index contributed by atoms with van der Waals surface area (Å²) in [4.78, 5) is 12.8. The van der Waals surface area contributed by atoms with Crippen LogP contribution in [0.4, 0.5) is 5.69 Å². The third-order valence-corrected chi connectivity index (χ3v) is 5.28. The Bertz CT molecular complexity index is 853. The molecule has 7 heteroatoms. The van der Waals surface area contributed by atoms with Gasteiger partial charge in [-0.05, 0) is 47.9 Å². The van der Waals surface area contributed by atoms with Crippen LogP contribution >= 0.6 is 23.4 Å². The van der Waals surface area contributed by atoms with E-state index in [0.717, 1.165) is 12.1 Å². The molecular weight excluding hydrogens is 372 g/mol.